The summed E-state index contributed by atoms with van der Waals surface area (Å²) in [5, 5.41) is 6.68. The van der Waals surface area contributed by atoms with Crippen LogP contribution >= 0.6 is 0 Å². The summed E-state index contributed by atoms with van der Waals surface area (Å²) >= 11 is 0. The van der Waals surface area contributed by atoms with Gasteiger partial charge in [0.2, 0.25) is 5.91 Å². The number of furan rings is 1. The largest absolute Gasteiger partial charge is 0.467 e. The number of fused-ring (bicyclic) bond motifs is 1. The number of halogens is 3. The zero-order valence-electron chi connectivity index (χ0n) is 17.9. The van der Waals surface area contributed by atoms with E-state index < -0.39 is 29.8 Å². The van der Waals surface area contributed by atoms with E-state index in [1.807, 2.05) is 19.1 Å². The summed E-state index contributed by atoms with van der Waals surface area (Å²) in [7, 11) is 0. The number of aryl methyl sites for hydroxylation is 2. The van der Waals surface area contributed by atoms with E-state index in [9.17, 15) is 22.8 Å². The van der Waals surface area contributed by atoms with Crippen molar-refractivity contribution in [2.45, 2.75) is 39.5 Å². The average molecular weight is 458 g/mol. The van der Waals surface area contributed by atoms with Gasteiger partial charge in [-0.05, 0) is 43.2 Å². The predicted octanol–water partition coefficient (Wildman–Crippen LogP) is 3.99. The molecule has 4 aromatic rings. The quantitative estimate of drug-likeness (QED) is 0.474. The Morgan fingerprint density at radius 1 is 1.18 bits per heavy atom. The van der Waals surface area contributed by atoms with Crippen molar-refractivity contribution < 1.29 is 22.4 Å². The number of alkyl halides is 3. The molecule has 0 aliphatic rings. The molecule has 10 heteroatoms. The van der Waals surface area contributed by atoms with Gasteiger partial charge in [-0.15, -0.1) is 0 Å². The Morgan fingerprint density at radius 2 is 1.91 bits per heavy atom. The molecule has 0 saturated heterocycles. The van der Waals surface area contributed by atoms with Crippen LogP contribution in [0.15, 0.2) is 57.9 Å². The summed E-state index contributed by atoms with van der Waals surface area (Å²) in [6.45, 7) is 3.03. The molecule has 4 rings (SSSR count). The van der Waals surface area contributed by atoms with E-state index in [0.717, 1.165) is 16.6 Å². The number of aromatic nitrogens is 3. The van der Waals surface area contributed by atoms with Gasteiger partial charge in [0.25, 0.3) is 5.56 Å². The average Bonchev–Trinajstić information content (AvgIpc) is 3.41. The summed E-state index contributed by atoms with van der Waals surface area (Å²) in [6.07, 6.45) is -2.52. The molecule has 1 amide bonds. The second kappa shape index (κ2) is 8.61. The Hall–Kier alpha value is -3.82. The van der Waals surface area contributed by atoms with Crippen molar-refractivity contribution in [3.8, 4) is 5.69 Å². The summed E-state index contributed by atoms with van der Waals surface area (Å²) in [5.41, 5.74) is -0.504. The van der Waals surface area contributed by atoms with Crippen LogP contribution in [0.4, 0.5) is 13.2 Å². The molecule has 7 nitrogen and oxygen atoms in total. The number of hydrogen-bond acceptors (Lipinski definition) is 4. The maximum atomic E-state index is 13.8. The zero-order chi connectivity index (χ0) is 23.8. The third-order valence-electron chi connectivity index (χ3n) is 5.33. The van der Waals surface area contributed by atoms with Crippen molar-refractivity contribution in [1.82, 2.24) is 19.7 Å². The molecule has 1 N–H and O–H groups in total. The molecule has 172 valence electrons. The number of pyridine rings is 1. The van der Waals surface area contributed by atoms with Gasteiger partial charge in [0.15, 0.2) is 0 Å². The Morgan fingerprint density at radius 3 is 2.52 bits per heavy atom. The van der Waals surface area contributed by atoms with Crippen LogP contribution < -0.4 is 10.9 Å². The van der Waals surface area contributed by atoms with E-state index in [1.54, 1.807) is 24.3 Å². The van der Waals surface area contributed by atoms with Crippen LogP contribution in [0.25, 0.3) is 16.7 Å². The summed E-state index contributed by atoms with van der Waals surface area (Å²) < 4.78 is 48.8. The van der Waals surface area contributed by atoms with Crippen LogP contribution in [-0.2, 0) is 30.5 Å². The molecular weight excluding hydrogens is 437 g/mol. The maximum Gasteiger partial charge on any atom is 0.417 e. The smallest absolute Gasteiger partial charge is 0.417 e. The fourth-order valence-electron chi connectivity index (χ4n) is 3.69. The number of carbonyl (C=O) groups excluding carboxylic acids is 1. The highest BCUT2D eigenvalue weighted by molar-refractivity contribution is 5.86. The lowest BCUT2D eigenvalue weighted by atomic mass is 10.1. The number of nitrogens with one attached hydrogen (secondary N) is 1. The van der Waals surface area contributed by atoms with Crippen LogP contribution in [0.5, 0.6) is 0 Å². The van der Waals surface area contributed by atoms with Crippen molar-refractivity contribution in [2.75, 3.05) is 0 Å². The monoisotopic (exact) mass is 458 g/mol. The third kappa shape index (κ3) is 4.41. The Labute approximate surface area is 186 Å². The fraction of sp³-hybridized carbons (Fsp3) is 0.261. The number of benzene rings is 1. The van der Waals surface area contributed by atoms with Crippen molar-refractivity contribution in [3.63, 3.8) is 0 Å². The SMILES string of the molecule is CCc1ccc(-n2nc(C)c3c(C(F)(F)F)cc(=O)n(CC(=O)NCc4ccco4)c32)cc1. The molecule has 0 aliphatic carbocycles. The minimum absolute atomic E-state index is 0.0845. The van der Waals surface area contributed by atoms with Gasteiger partial charge in [0.1, 0.15) is 18.0 Å². The first-order chi connectivity index (χ1) is 15.7. The topological polar surface area (TPSA) is 82.1 Å². The minimum atomic E-state index is -4.76. The first-order valence-electron chi connectivity index (χ1n) is 10.3. The van der Waals surface area contributed by atoms with E-state index in [4.69, 9.17) is 4.42 Å². The lowest BCUT2D eigenvalue weighted by Crippen LogP contribution is -2.33. The molecule has 0 saturated carbocycles. The van der Waals surface area contributed by atoms with Gasteiger partial charge in [-0.25, -0.2) is 4.68 Å². The second-order valence-corrected chi connectivity index (χ2v) is 7.55. The summed E-state index contributed by atoms with van der Waals surface area (Å²) in [5.74, 6) is -0.0496. The molecule has 33 heavy (non-hydrogen) atoms. The molecule has 0 spiro atoms. The van der Waals surface area contributed by atoms with Gasteiger partial charge < -0.3 is 9.73 Å². The number of carbonyl (C=O) groups is 1. The van der Waals surface area contributed by atoms with Gasteiger partial charge in [-0.2, -0.15) is 18.3 Å². The first-order valence-corrected chi connectivity index (χ1v) is 10.3. The third-order valence-corrected chi connectivity index (χ3v) is 5.33. The lowest BCUT2D eigenvalue weighted by Gasteiger charge is -2.15. The molecule has 1 aromatic carbocycles. The first kappa shape index (κ1) is 22.4. The van der Waals surface area contributed by atoms with Crippen LogP contribution in [0.2, 0.25) is 0 Å². The Balaban J connectivity index is 1.85. The highest BCUT2D eigenvalue weighted by Gasteiger charge is 2.36. The number of nitrogens with zero attached hydrogens (tertiary/aromatic N) is 3. The van der Waals surface area contributed by atoms with Crippen molar-refractivity contribution in [2.24, 2.45) is 0 Å². The zero-order valence-corrected chi connectivity index (χ0v) is 17.9. The van der Waals surface area contributed by atoms with Gasteiger partial charge in [-0.3, -0.25) is 14.2 Å². The van der Waals surface area contributed by atoms with E-state index in [-0.39, 0.29) is 23.3 Å². The van der Waals surface area contributed by atoms with Gasteiger partial charge in [0.05, 0.1) is 35.1 Å². The molecular formula is C23H21F3N4O3. The molecule has 0 atom stereocenters. The van der Waals surface area contributed by atoms with Crippen LogP contribution in [-0.4, -0.2) is 20.3 Å². The van der Waals surface area contributed by atoms with Gasteiger partial charge in [0, 0.05) is 6.07 Å². The van der Waals surface area contributed by atoms with Crippen LogP contribution in [0.3, 0.4) is 0 Å². The maximum absolute atomic E-state index is 13.8. The number of amides is 1. The molecule has 3 heterocycles. The minimum Gasteiger partial charge on any atom is -0.467 e. The highest BCUT2D eigenvalue weighted by Crippen LogP contribution is 2.36. The number of hydrogen-bond donors (Lipinski definition) is 1. The molecule has 0 bridgehead atoms. The molecule has 0 radical (unpaired) electrons. The molecule has 0 fully saturated rings. The predicted molar refractivity (Wildman–Crippen MR) is 115 cm³/mol. The Kier molecular flexibility index (Phi) is 5.84. The van der Waals surface area contributed by atoms with E-state index >= 15 is 0 Å². The fourth-order valence-corrected chi connectivity index (χ4v) is 3.69. The highest BCUT2D eigenvalue weighted by atomic mass is 19.4. The van der Waals surface area contributed by atoms with Crippen LogP contribution in [0.1, 0.15) is 29.5 Å². The van der Waals surface area contributed by atoms with Crippen molar-refractivity contribution in [1.29, 1.82) is 0 Å². The van der Waals surface area contributed by atoms with Crippen molar-refractivity contribution >= 4 is 16.9 Å². The van der Waals surface area contributed by atoms with Crippen molar-refractivity contribution in [3.05, 3.63) is 81.7 Å². The molecule has 3 aromatic heterocycles. The van der Waals surface area contributed by atoms with E-state index in [0.29, 0.717) is 17.5 Å². The molecule has 0 unspecified atom stereocenters. The van der Waals surface area contributed by atoms with Crippen LogP contribution in [0, 0.1) is 6.92 Å². The molecule has 0 aliphatic heterocycles. The van der Waals surface area contributed by atoms with E-state index in [1.165, 1.54) is 17.9 Å². The number of rotatable bonds is 6. The second-order valence-electron chi connectivity index (χ2n) is 7.55. The standard InChI is InChI=1S/C23H21F3N4O3/c1-3-15-6-8-16(9-7-15)30-22-21(14(2)28-30)18(23(24,25)26)11-20(32)29(22)13-19(31)27-12-17-5-4-10-33-17/h4-11H,3,12-13H2,1-2H3,(H,27,31). The van der Waals surface area contributed by atoms with Gasteiger partial charge in [-0.1, -0.05) is 19.1 Å². The van der Waals surface area contributed by atoms with Gasteiger partial charge >= 0.3 is 6.18 Å². The summed E-state index contributed by atoms with van der Waals surface area (Å²) in [6, 6.07) is 11.0. The normalized spacial score (nSPS) is 11.8. The Bertz CT molecular complexity index is 1350. The lowest BCUT2D eigenvalue weighted by molar-refractivity contribution is -0.136. The van der Waals surface area contributed by atoms with E-state index in [2.05, 4.69) is 10.4 Å². The summed E-state index contributed by atoms with van der Waals surface area (Å²) in [4.78, 5) is 25.3.